The van der Waals surface area contributed by atoms with Gasteiger partial charge in [-0.15, -0.1) is 0 Å². The first-order valence-corrected chi connectivity index (χ1v) is 11.5. The number of esters is 1. The maximum Gasteiger partial charge on any atom is 0.338 e. The predicted octanol–water partition coefficient (Wildman–Crippen LogP) is 4.44. The molecule has 0 saturated carbocycles. The number of rotatable bonds is 9. The van der Waals surface area contributed by atoms with Gasteiger partial charge in [0, 0.05) is 29.5 Å². The standard InChI is InChI=1S/C28H27N3O5/c1-3-36-28(34)19-9-12-23(13-10-19)30-26(32)18-31-25-16-24(35-2)14-11-20(25)15-21(27(31)33)17-29-22-7-5-4-6-8-22/h4-16,29H,3,17-18H2,1-2H3,(H,30,32). The minimum Gasteiger partial charge on any atom is -0.497 e. The SMILES string of the molecule is CCOC(=O)c1ccc(NC(=O)Cn2c(=O)c(CNc3ccccc3)cc3ccc(OC)cc32)cc1. The van der Waals surface area contributed by atoms with Crippen LogP contribution >= 0.6 is 0 Å². The Hall–Kier alpha value is -4.59. The molecule has 0 saturated heterocycles. The highest BCUT2D eigenvalue weighted by atomic mass is 16.5. The van der Waals surface area contributed by atoms with Gasteiger partial charge in [-0.3, -0.25) is 14.2 Å². The van der Waals surface area contributed by atoms with Gasteiger partial charge in [0.05, 0.1) is 24.8 Å². The molecular weight excluding hydrogens is 458 g/mol. The van der Waals surface area contributed by atoms with Crippen LogP contribution in [0.3, 0.4) is 0 Å². The van der Waals surface area contributed by atoms with Crippen LogP contribution in [0, 0.1) is 0 Å². The number of anilines is 2. The van der Waals surface area contributed by atoms with Gasteiger partial charge in [-0.25, -0.2) is 4.79 Å². The van der Waals surface area contributed by atoms with Crippen LogP contribution in [0.4, 0.5) is 11.4 Å². The van der Waals surface area contributed by atoms with Crippen molar-refractivity contribution < 1.29 is 19.1 Å². The smallest absolute Gasteiger partial charge is 0.338 e. The second-order valence-corrected chi connectivity index (χ2v) is 8.05. The minimum atomic E-state index is -0.428. The maximum absolute atomic E-state index is 13.4. The summed E-state index contributed by atoms with van der Waals surface area (Å²) in [6, 6.07) is 23.2. The first-order valence-electron chi connectivity index (χ1n) is 11.5. The molecule has 4 rings (SSSR count). The molecule has 3 aromatic carbocycles. The Kier molecular flexibility index (Phi) is 7.65. The van der Waals surface area contributed by atoms with E-state index in [9.17, 15) is 14.4 Å². The van der Waals surface area contributed by atoms with E-state index in [1.807, 2.05) is 48.5 Å². The lowest BCUT2D eigenvalue weighted by atomic mass is 10.1. The molecule has 8 heteroatoms. The zero-order chi connectivity index (χ0) is 25.5. The van der Waals surface area contributed by atoms with Gasteiger partial charge in [-0.2, -0.15) is 0 Å². The Bertz CT molecular complexity index is 1430. The largest absolute Gasteiger partial charge is 0.497 e. The topological polar surface area (TPSA) is 98.7 Å². The number of hydrogen-bond acceptors (Lipinski definition) is 6. The molecular formula is C28H27N3O5. The highest BCUT2D eigenvalue weighted by molar-refractivity contribution is 5.93. The number of para-hydroxylation sites is 1. The number of carbonyl (C=O) groups is 2. The normalized spacial score (nSPS) is 10.6. The van der Waals surface area contributed by atoms with Gasteiger partial charge < -0.3 is 20.1 Å². The fourth-order valence-corrected chi connectivity index (χ4v) is 3.82. The van der Waals surface area contributed by atoms with Gasteiger partial charge in [-0.1, -0.05) is 18.2 Å². The van der Waals surface area contributed by atoms with Crippen LogP contribution in [0.5, 0.6) is 5.75 Å². The summed E-state index contributed by atoms with van der Waals surface area (Å²) in [4.78, 5) is 38.2. The Labute approximate surface area is 208 Å². The molecule has 0 aliphatic heterocycles. The maximum atomic E-state index is 13.4. The van der Waals surface area contributed by atoms with Gasteiger partial charge in [-0.05, 0) is 66.9 Å². The number of nitrogens with one attached hydrogen (secondary N) is 2. The van der Waals surface area contributed by atoms with Crippen LogP contribution in [0.1, 0.15) is 22.8 Å². The quantitative estimate of drug-likeness (QED) is 0.340. The summed E-state index contributed by atoms with van der Waals surface area (Å²) < 4.78 is 11.8. The summed E-state index contributed by atoms with van der Waals surface area (Å²) in [5.74, 6) is -0.220. The summed E-state index contributed by atoms with van der Waals surface area (Å²) in [5, 5.41) is 6.86. The van der Waals surface area contributed by atoms with Gasteiger partial charge in [0.25, 0.3) is 5.56 Å². The van der Waals surface area contributed by atoms with Crippen LogP contribution < -0.4 is 20.9 Å². The van der Waals surface area contributed by atoms with Crippen molar-refractivity contribution in [2.75, 3.05) is 24.4 Å². The molecule has 1 aromatic heterocycles. The van der Waals surface area contributed by atoms with Crippen LogP contribution in [0.25, 0.3) is 10.9 Å². The first-order chi connectivity index (χ1) is 17.5. The molecule has 0 bridgehead atoms. The molecule has 4 aromatic rings. The summed E-state index contributed by atoms with van der Waals surface area (Å²) in [6.45, 7) is 2.13. The third-order valence-corrected chi connectivity index (χ3v) is 5.62. The molecule has 1 heterocycles. The zero-order valence-electron chi connectivity index (χ0n) is 20.1. The second kappa shape index (κ2) is 11.2. The first kappa shape index (κ1) is 24.5. The van der Waals surface area contributed by atoms with E-state index in [1.54, 1.807) is 44.4 Å². The average Bonchev–Trinajstić information content (AvgIpc) is 2.90. The summed E-state index contributed by atoms with van der Waals surface area (Å²) >= 11 is 0. The highest BCUT2D eigenvalue weighted by Gasteiger charge is 2.14. The molecule has 0 atom stereocenters. The number of pyridine rings is 1. The molecule has 0 fully saturated rings. The van der Waals surface area contributed by atoms with Gasteiger partial charge >= 0.3 is 5.97 Å². The number of aromatic nitrogens is 1. The number of hydrogen-bond donors (Lipinski definition) is 2. The number of benzene rings is 3. The van der Waals surface area contributed by atoms with E-state index in [4.69, 9.17) is 9.47 Å². The van der Waals surface area contributed by atoms with Gasteiger partial charge in [0.15, 0.2) is 0 Å². The molecule has 1 amide bonds. The molecule has 8 nitrogen and oxygen atoms in total. The van der Waals surface area contributed by atoms with Crippen LogP contribution in [-0.2, 0) is 22.6 Å². The molecule has 0 unspecified atom stereocenters. The average molecular weight is 486 g/mol. The van der Waals surface area contributed by atoms with E-state index in [2.05, 4.69) is 10.6 Å². The van der Waals surface area contributed by atoms with Crippen molar-refractivity contribution in [1.82, 2.24) is 4.57 Å². The van der Waals surface area contributed by atoms with E-state index in [0.717, 1.165) is 11.1 Å². The summed E-state index contributed by atoms with van der Waals surface area (Å²) in [5.41, 5.74) is 2.64. The molecule has 0 radical (unpaired) electrons. The third kappa shape index (κ3) is 5.72. The van der Waals surface area contributed by atoms with E-state index < -0.39 is 5.97 Å². The van der Waals surface area contributed by atoms with Crippen molar-refractivity contribution >= 4 is 34.2 Å². The van der Waals surface area contributed by atoms with Crippen LogP contribution in [0.2, 0.25) is 0 Å². The van der Waals surface area contributed by atoms with Crippen molar-refractivity contribution in [3.63, 3.8) is 0 Å². The van der Waals surface area contributed by atoms with E-state index in [-0.39, 0.29) is 24.6 Å². The molecule has 0 aliphatic carbocycles. The van der Waals surface area contributed by atoms with E-state index in [1.165, 1.54) is 4.57 Å². The molecule has 184 valence electrons. The second-order valence-electron chi connectivity index (χ2n) is 8.05. The Morgan fingerprint density at radius 1 is 0.917 bits per heavy atom. The van der Waals surface area contributed by atoms with Crippen molar-refractivity contribution in [3.8, 4) is 5.75 Å². The highest BCUT2D eigenvalue weighted by Crippen LogP contribution is 2.21. The number of carbonyl (C=O) groups excluding carboxylic acids is 2. The van der Waals surface area contributed by atoms with Crippen molar-refractivity contribution in [2.45, 2.75) is 20.0 Å². The van der Waals surface area contributed by atoms with Crippen LogP contribution in [-0.4, -0.2) is 30.2 Å². The van der Waals surface area contributed by atoms with Crippen LogP contribution in [0.15, 0.2) is 83.7 Å². The van der Waals surface area contributed by atoms with E-state index in [0.29, 0.717) is 34.6 Å². The lowest BCUT2D eigenvalue weighted by Crippen LogP contribution is -2.30. The molecule has 2 N–H and O–H groups in total. The van der Waals surface area contributed by atoms with Gasteiger partial charge in [0.1, 0.15) is 12.3 Å². The molecule has 0 aliphatic rings. The number of amides is 1. The number of fused-ring (bicyclic) bond motifs is 1. The number of methoxy groups -OCH3 is 1. The van der Waals surface area contributed by atoms with Gasteiger partial charge in [0.2, 0.25) is 5.91 Å². The van der Waals surface area contributed by atoms with Crippen molar-refractivity contribution in [2.24, 2.45) is 0 Å². The lowest BCUT2D eigenvalue weighted by molar-refractivity contribution is -0.116. The predicted molar refractivity (Wildman–Crippen MR) is 140 cm³/mol. The summed E-state index contributed by atoms with van der Waals surface area (Å²) in [6.07, 6.45) is 0. The third-order valence-electron chi connectivity index (χ3n) is 5.62. The zero-order valence-corrected chi connectivity index (χ0v) is 20.1. The van der Waals surface area contributed by atoms with Crippen molar-refractivity contribution in [3.05, 3.63) is 100 Å². The van der Waals surface area contributed by atoms with Crippen molar-refractivity contribution in [1.29, 1.82) is 0 Å². The minimum absolute atomic E-state index is 0.193. The number of ether oxygens (including phenoxy) is 2. The lowest BCUT2D eigenvalue weighted by Gasteiger charge is -2.15. The fraction of sp³-hybridized carbons (Fsp3) is 0.179. The Morgan fingerprint density at radius 2 is 1.67 bits per heavy atom. The molecule has 36 heavy (non-hydrogen) atoms. The Morgan fingerprint density at radius 3 is 2.36 bits per heavy atom. The Balaban J connectivity index is 1.59. The fourth-order valence-electron chi connectivity index (χ4n) is 3.82. The monoisotopic (exact) mass is 485 g/mol. The summed E-state index contributed by atoms with van der Waals surface area (Å²) in [7, 11) is 1.55. The number of nitrogens with zero attached hydrogens (tertiary/aromatic N) is 1. The molecule has 0 spiro atoms. The van der Waals surface area contributed by atoms with E-state index >= 15 is 0 Å².